The highest BCUT2D eigenvalue weighted by atomic mass is 16.5. The minimum Gasteiger partial charge on any atom is -0.463 e. The predicted octanol–water partition coefficient (Wildman–Crippen LogP) is 3.93. The molecular formula is C13H26O2. The van der Waals surface area contributed by atoms with Gasteiger partial charge in [-0.2, -0.15) is 0 Å². The van der Waals surface area contributed by atoms with Gasteiger partial charge in [0.15, 0.2) is 0 Å². The number of hydrogen-bond donors (Lipinski definition) is 0. The SMILES string of the molecule is CCCCC(C)CCC(C)OC(=O)CC. The highest BCUT2D eigenvalue weighted by Crippen LogP contribution is 2.16. The monoisotopic (exact) mass is 214 g/mol. The van der Waals surface area contributed by atoms with Crippen LogP contribution in [0.3, 0.4) is 0 Å². The van der Waals surface area contributed by atoms with Crippen molar-refractivity contribution in [2.24, 2.45) is 5.92 Å². The smallest absolute Gasteiger partial charge is 0.305 e. The molecule has 2 nitrogen and oxygen atoms in total. The van der Waals surface area contributed by atoms with E-state index in [4.69, 9.17) is 4.74 Å². The fourth-order valence-corrected chi connectivity index (χ4v) is 1.58. The lowest BCUT2D eigenvalue weighted by atomic mass is 9.97. The molecule has 0 aromatic carbocycles. The molecule has 0 amide bonds. The van der Waals surface area contributed by atoms with Crippen LogP contribution in [0.2, 0.25) is 0 Å². The van der Waals surface area contributed by atoms with E-state index in [1.165, 1.54) is 19.3 Å². The maximum Gasteiger partial charge on any atom is 0.305 e. The summed E-state index contributed by atoms with van der Waals surface area (Å²) in [7, 11) is 0. The van der Waals surface area contributed by atoms with Gasteiger partial charge in [-0.15, -0.1) is 0 Å². The van der Waals surface area contributed by atoms with Crippen molar-refractivity contribution in [2.45, 2.75) is 72.3 Å². The average molecular weight is 214 g/mol. The number of rotatable bonds is 8. The molecule has 2 unspecified atom stereocenters. The minimum atomic E-state index is -0.0799. The van der Waals surface area contributed by atoms with Crippen molar-refractivity contribution in [1.29, 1.82) is 0 Å². The van der Waals surface area contributed by atoms with Crippen molar-refractivity contribution in [3.63, 3.8) is 0 Å². The number of esters is 1. The maximum absolute atomic E-state index is 11.0. The van der Waals surface area contributed by atoms with Gasteiger partial charge in [-0.1, -0.05) is 40.0 Å². The Bertz CT molecular complexity index is 166. The summed E-state index contributed by atoms with van der Waals surface area (Å²) in [6.07, 6.45) is 6.60. The molecule has 0 aliphatic rings. The zero-order valence-corrected chi connectivity index (χ0v) is 10.7. The molecule has 0 bridgehead atoms. The van der Waals surface area contributed by atoms with Gasteiger partial charge in [0.05, 0.1) is 6.10 Å². The fraction of sp³-hybridized carbons (Fsp3) is 0.923. The third-order valence-electron chi connectivity index (χ3n) is 2.74. The number of carbonyl (C=O) groups is 1. The molecular weight excluding hydrogens is 188 g/mol. The zero-order valence-electron chi connectivity index (χ0n) is 10.7. The summed E-state index contributed by atoms with van der Waals surface area (Å²) in [5, 5.41) is 0. The Labute approximate surface area is 94.4 Å². The lowest BCUT2D eigenvalue weighted by Gasteiger charge is -2.15. The summed E-state index contributed by atoms with van der Waals surface area (Å²) in [6, 6.07) is 0. The Balaban J connectivity index is 3.52. The molecule has 2 heteroatoms. The average Bonchev–Trinajstić information content (AvgIpc) is 2.23. The Kier molecular flexibility index (Phi) is 8.44. The highest BCUT2D eigenvalue weighted by molar-refractivity contribution is 5.69. The second-order valence-electron chi connectivity index (χ2n) is 4.48. The molecule has 0 aromatic rings. The Hall–Kier alpha value is -0.530. The van der Waals surface area contributed by atoms with Crippen LogP contribution in [0.1, 0.15) is 66.2 Å². The van der Waals surface area contributed by atoms with Gasteiger partial charge in [0.1, 0.15) is 0 Å². The van der Waals surface area contributed by atoms with Crippen LogP contribution >= 0.6 is 0 Å². The van der Waals surface area contributed by atoms with Crippen LogP contribution in [0.4, 0.5) is 0 Å². The van der Waals surface area contributed by atoms with Gasteiger partial charge in [0, 0.05) is 6.42 Å². The molecule has 0 N–H and O–H groups in total. The molecule has 15 heavy (non-hydrogen) atoms. The van der Waals surface area contributed by atoms with Crippen LogP contribution in [-0.2, 0) is 9.53 Å². The first kappa shape index (κ1) is 14.5. The van der Waals surface area contributed by atoms with Crippen molar-refractivity contribution in [2.75, 3.05) is 0 Å². The largest absolute Gasteiger partial charge is 0.463 e. The first-order chi connectivity index (χ1) is 7.10. The topological polar surface area (TPSA) is 26.3 Å². The number of ether oxygens (including phenoxy) is 1. The normalized spacial score (nSPS) is 14.7. The predicted molar refractivity (Wildman–Crippen MR) is 63.8 cm³/mol. The van der Waals surface area contributed by atoms with E-state index in [0.717, 1.165) is 18.8 Å². The standard InChI is InChI=1S/C13H26O2/c1-5-7-8-11(3)9-10-12(4)15-13(14)6-2/h11-12H,5-10H2,1-4H3. The van der Waals surface area contributed by atoms with Crippen molar-refractivity contribution < 1.29 is 9.53 Å². The van der Waals surface area contributed by atoms with E-state index in [0.29, 0.717) is 6.42 Å². The molecule has 90 valence electrons. The van der Waals surface area contributed by atoms with Gasteiger partial charge in [-0.25, -0.2) is 0 Å². The summed E-state index contributed by atoms with van der Waals surface area (Å²) in [5.74, 6) is 0.677. The zero-order chi connectivity index (χ0) is 11.7. The van der Waals surface area contributed by atoms with Gasteiger partial charge < -0.3 is 4.74 Å². The minimum absolute atomic E-state index is 0.0799. The molecule has 0 aliphatic heterocycles. The van der Waals surface area contributed by atoms with E-state index >= 15 is 0 Å². The van der Waals surface area contributed by atoms with Crippen molar-refractivity contribution in [1.82, 2.24) is 0 Å². The molecule has 2 atom stereocenters. The van der Waals surface area contributed by atoms with Crippen molar-refractivity contribution in [3.8, 4) is 0 Å². The first-order valence-corrected chi connectivity index (χ1v) is 6.29. The van der Waals surface area contributed by atoms with E-state index in [2.05, 4.69) is 13.8 Å². The third-order valence-corrected chi connectivity index (χ3v) is 2.74. The quantitative estimate of drug-likeness (QED) is 0.572. The van der Waals surface area contributed by atoms with E-state index in [-0.39, 0.29) is 12.1 Å². The molecule has 0 radical (unpaired) electrons. The highest BCUT2D eigenvalue weighted by Gasteiger charge is 2.09. The molecule has 0 aromatic heterocycles. The fourth-order valence-electron chi connectivity index (χ4n) is 1.58. The molecule has 0 saturated carbocycles. The van der Waals surface area contributed by atoms with Crippen LogP contribution in [-0.4, -0.2) is 12.1 Å². The molecule has 0 saturated heterocycles. The van der Waals surface area contributed by atoms with E-state index in [1.807, 2.05) is 13.8 Å². The third kappa shape index (κ3) is 8.46. The Morgan fingerprint density at radius 1 is 1.13 bits per heavy atom. The Morgan fingerprint density at radius 2 is 1.80 bits per heavy atom. The first-order valence-electron chi connectivity index (χ1n) is 6.29. The second-order valence-corrected chi connectivity index (χ2v) is 4.48. The van der Waals surface area contributed by atoms with Crippen LogP contribution in [0.5, 0.6) is 0 Å². The molecule has 0 spiro atoms. The lowest BCUT2D eigenvalue weighted by molar-refractivity contribution is -0.148. The molecule has 0 aliphatic carbocycles. The number of unbranched alkanes of at least 4 members (excludes halogenated alkanes) is 1. The number of carbonyl (C=O) groups excluding carboxylic acids is 1. The van der Waals surface area contributed by atoms with E-state index in [1.54, 1.807) is 0 Å². The van der Waals surface area contributed by atoms with E-state index in [9.17, 15) is 4.79 Å². The van der Waals surface area contributed by atoms with Crippen LogP contribution in [0.15, 0.2) is 0 Å². The van der Waals surface area contributed by atoms with Crippen LogP contribution in [0.25, 0.3) is 0 Å². The summed E-state index contributed by atoms with van der Waals surface area (Å²) < 4.78 is 5.22. The van der Waals surface area contributed by atoms with Crippen LogP contribution in [0, 0.1) is 5.92 Å². The summed E-state index contributed by atoms with van der Waals surface area (Å²) in [4.78, 5) is 11.0. The number of hydrogen-bond acceptors (Lipinski definition) is 2. The van der Waals surface area contributed by atoms with Gasteiger partial charge in [0.2, 0.25) is 0 Å². The maximum atomic E-state index is 11.0. The summed E-state index contributed by atoms with van der Waals surface area (Å²) in [6.45, 7) is 8.32. The second kappa shape index (κ2) is 8.75. The van der Waals surface area contributed by atoms with Crippen molar-refractivity contribution in [3.05, 3.63) is 0 Å². The molecule has 0 heterocycles. The van der Waals surface area contributed by atoms with Crippen molar-refractivity contribution >= 4 is 5.97 Å². The van der Waals surface area contributed by atoms with Gasteiger partial charge in [-0.05, 0) is 25.7 Å². The van der Waals surface area contributed by atoms with E-state index < -0.39 is 0 Å². The molecule has 0 rings (SSSR count). The lowest BCUT2D eigenvalue weighted by Crippen LogP contribution is -2.14. The van der Waals surface area contributed by atoms with Gasteiger partial charge in [-0.3, -0.25) is 4.79 Å². The van der Waals surface area contributed by atoms with Crippen LogP contribution < -0.4 is 0 Å². The Morgan fingerprint density at radius 3 is 2.33 bits per heavy atom. The molecule has 0 fully saturated rings. The summed E-state index contributed by atoms with van der Waals surface area (Å²) in [5.41, 5.74) is 0. The van der Waals surface area contributed by atoms with Gasteiger partial charge >= 0.3 is 5.97 Å². The summed E-state index contributed by atoms with van der Waals surface area (Å²) >= 11 is 0. The van der Waals surface area contributed by atoms with Gasteiger partial charge in [0.25, 0.3) is 0 Å².